The maximum atomic E-state index is 12.8. The van der Waals surface area contributed by atoms with Crippen molar-refractivity contribution in [3.05, 3.63) is 59.7 Å². The predicted molar refractivity (Wildman–Crippen MR) is 131 cm³/mol. The summed E-state index contributed by atoms with van der Waals surface area (Å²) in [5, 5.41) is 15.2. The van der Waals surface area contributed by atoms with Crippen LogP contribution in [0.4, 0.5) is 4.79 Å². The van der Waals surface area contributed by atoms with Crippen molar-refractivity contribution >= 4 is 18.0 Å². The third-order valence-electron chi connectivity index (χ3n) is 7.90. The number of ether oxygens (including phenoxy) is 1. The van der Waals surface area contributed by atoms with Crippen LogP contribution in [-0.2, 0) is 14.3 Å². The van der Waals surface area contributed by atoms with E-state index in [0.29, 0.717) is 12.8 Å². The average Bonchev–Trinajstić information content (AvgIpc) is 3.15. The standard InChI is InChI=1S/C28H32N2O5/c31-26(30-25(27(32)33)17-7-5-8-17)18-9-6-10-19(15-18)29-28(34)35-16-24-22-13-3-1-11-20(22)21-12-2-4-14-23(21)24/h1-4,11-14,17-19,24-25H,5-10,15-16H2,(H,29,34)(H,30,31)(H,32,33)/t18-,19-,25?/m1/s1. The summed E-state index contributed by atoms with van der Waals surface area (Å²) in [6.07, 6.45) is 4.99. The minimum atomic E-state index is -0.966. The lowest BCUT2D eigenvalue weighted by Crippen LogP contribution is -2.51. The van der Waals surface area contributed by atoms with Gasteiger partial charge >= 0.3 is 12.1 Å². The van der Waals surface area contributed by atoms with Gasteiger partial charge in [0.2, 0.25) is 5.91 Å². The lowest BCUT2D eigenvalue weighted by molar-refractivity contribution is -0.145. The van der Waals surface area contributed by atoms with Gasteiger partial charge in [0.1, 0.15) is 12.6 Å². The molecule has 5 rings (SSSR count). The van der Waals surface area contributed by atoms with E-state index in [-0.39, 0.29) is 36.3 Å². The van der Waals surface area contributed by atoms with Gasteiger partial charge < -0.3 is 20.5 Å². The zero-order valence-corrected chi connectivity index (χ0v) is 19.7. The molecule has 3 N–H and O–H groups in total. The number of benzene rings is 2. The third kappa shape index (κ3) is 4.90. The van der Waals surface area contributed by atoms with Crippen molar-refractivity contribution in [3.63, 3.8) is 0 Å². The summed E-state index contributed by atoms with van der Waals surface area (Å²) in [4.78, 5) is 37.1. The van der Waals surface area contributed by atoms with Crippen molar-refractivity contribution in [3.8, 4) is 11.1 Å². The number of nitrogens with one attached hydrogen (secondary N) is 2. The molecule has 2 aromatic rings. The van der Waals surface area contributed by atoms with Crippen LogP contribution in [0.15, 0.2) is 48.5 Å². The molecule has 3 atom stereocenters. The molecule has 2 fully saturated rings. The summed E-state index contributed by atoms with van der Waals surface area (Å²) in [6.45, 7) is 0.248. The predicted octanol–water partition coefficient (Wildman–Crippen LogP) is 4.45. The monoisotopic (exact) mass is 476 g/mol. The lowest BCUT2D eigenvalue weighted by Gasteiger charge is -2.34. The molecule has 2 amide bonds. The first-order valence-corrected chi connectivity index (χ1v) is 12.7. The number of carbonyl (C=O) groups excluding carboxylic acids is 2. The highest BCUT2D eigenvalue weighted by molar-refractivity contribution is 5.85. The topological polar surface area (TPSA) is 105 Å². The molecule has 2 aromatic carbocycles. The number of fused-ring (bicyclic) bond motifs is 3. The lowest BCUT2D eigenvalue weighted by atomic mass is 9.79. The number of rotatable bonds is 7. The molecule has 0 radical (unpaired) electrons. The molecular weight excluding hydrogens is 444 g/mol. The van der Waals surface area contributed by atoms with Crippen LogP contribution in [0.2, 0.25) is 0 Å². The summed E-state index contributed by atoms with van der Waals surface area (Å²) >= 11 is 0. The minimum absolute atomic E-state index is 0.00232. The van der Waals surface area contributed by atoms with Crippen molar-refractivity contribution in [2.75, 3.05) is 6.61 Å². The zero-order valence-electron chi connectivity index (χ0n) is 19.7. The van der Waals surface area contributed by atoms with E-state index in [4.69, 9.17) is 4.74 Å². The molecule has 1 unspecified atom stereocenters. The molecule has 35 heavy (non-hydrogen) atoms. The van der Waals surface area contributed by atoms with Crippen molar-refractivity contribution in [2.45, 2.75) is 62.9 Å². The molecular formula is C28H32N2O5. The van der Waals surface area contributed by atoms with Gasteiger partial charge in [-0.3, -0.25) is 4.79 Å². The Morgan fingerprint density at radius 2 is 1.54 bits per heavy atom. The molecule has 7 nitrogen and oxygen atoms in total. The molecule has 3 aliphatic rings. The van der Waals surface area contributed by atoms with Gasteiger partial charge in [0.25, 0.3) is 0 Å². The van der Waals surface area contributed by atoms with E-state index in [2.05, 4.69) is 34.9 Å². The van der Waals surface area contributed by atoms with Crippen LogP contribution in [0.3, 0.4) is 0 Å². The van der Waals surface area contributed by atoms with E-state index in [0.717, 1.165) is 43.2 Å². The molecule has 0 heterocycles. The van der Waals surface area contributed by atoms with Gasteiger partial charge in [-0.1, -0.05) is 61.4 Å². The Morgan fingerprint density at radius 1 is 0.914 bits per heavy atom. The van der Waals surface area contributed by atoms with Gasteiger partial charge in [-0.25, -0.2) is 9.59 Å². The largest absolute Gasteiger partial charge is 0.480 e. The van der Waals surface area contributed by atoms with Crippen molar-refractivity contribution < 1.29 is 24.2 Å². The number of amides is 2. The van der Waals surface area contributed by atoms with Crippen LogP contribution in [0.25, 0.3) is 11.1 Å². The zero-order chi connectivity index (χ0) is 24.4. The summed E-state index contributed by atoms with van der Waals surface area (Å²) < 4.78 is 5.66. The quantitative estimate of drug-likeness (QED) is 0.548. The first-order valence-electron chi connectivity index (χ1n) is 12.7. The van der Waals surface area contributed by atoms with Crippen molar-refractivity contribution in [1.82, 2.24) is 10.6 Å². The molecule has 0 saturated heterocycles. The fourth-order valence-corrected chi connectivity index (χ4v) is 5.79. The molecule has 0 spiro atoms. The van der Waals surface area contributed by atoms with E-state index >= 15 is 0 Å². The Kier molecular flexibility index (Phi) is 6.75. The number of hydrogen-bond acceptors (Lipinski definition) is 4. The van der Waals surface area contributed by atoms with E-state index in [9.17, 15) is 19.5 Å². The molecule has 2 saturated carbocycles. The van der Waals surface area contributed by atoms with Crippen LogP contribution in [-0.4, -0.2) is 41.8 Å². The smallest absolute Gasteiger partial charge is 0.407 e. The Hall–Kier alpha value is -3.35. The maximum absolute atomic E-state index is 12.8. The Labute approximate surface area is 205 Å². The van der Waals surface area contributed by atoms with Crippen LogP contribution >= 0.6 is 0 Å². The number of alkyl carbamates (subject to hydrolysis) is 1. The number of hydrogen-bond donors (Lipinski definition) is 3. The summed E-state index contributed by atoms with van der Waals surface area (Å²) in [7, 11) is 0. The van der Waals surface area contributed by atoms with Crippen molar-refractivity contribution in [1.29, 1.82) is 0 Å². The Morgan fingerprint density at radius 3 is 2.14 bits per heavy atom. The molecule has 0 aliphatic heterocycles. The fourth-order valence-electron chi connectivity index (χ4n) is 5.79. The molecule has 3 aliphatic carbocycles. The van der Waals surface area contributed by atoms with Gasteiger partial charge in [0, 0.05) is 17.9 Å². The van der Waals surface area contributed by atoms with Gasteiger partial charge in [-0.15, -0.1) is 0 Å². The molecule has 184 valence electrons. The second-order valence-electron chi connectivity index (χ2n) is 10.0. The first kappa shape index (κ1) is 23.4. The number of aliphatic carboxylic acids is 1. The summed E-state index contributed by atoms with van der Waals surface area (Å²) in [5.74, 6) is -1.47. The Balaban J connectivity index is 1.15. The normalized spacial score (nSPS) is 22.3. The summed E-state index contributed by atoms with van der Waals surface area (Å²) in [6, 6.07) is 15.4. The van der Waals surface area contributed by atoms with Crippen LogP contribution in [0, 0.1) is 11.8 Å². The number of carbonyl (C=O) groups is 3. The Bertz CT molecular complexity index is 1070. The van der Waals surface area contributed by atoms with Crippen LogP contribution in [0.5, 0.6) is 0 Å². The number of carboxylic acid groups (broad SMARTS) is 1. The average molecular weight is 477 g/mol. The van der Waals surface area contributed by atoms with Gasteiger partial charge in [-0.2, -0.15) is 0 Å². The number of carboxylic acids is 1. The second kappa shape index (κ2) is 10.1. The highest BCUT2D eigenvalue weighted by Gasteiger charge is 2.37. The van der Waals surface area contributed by atoms with Crippen molar-refractivity contribution in [2.24, 2.45) is 11.8 Å². The van der Waals surface area contributed by atoms with Crippen LogP contribution < -0.4 is 10.6 Å². The van der Waals surface area contributed by atoms with Gasteiger partial charge in [0.05, 0.1) is 0 Å². The first-order chi connectivity index (χ1) is 17.0. The fraction of sp³-hybridized carbons (Fsp3) is 0.464. The molecule has 0 bridgehead atoms. The SMILES string of the molecule is O=C(N[C@@H]1CCC[C@@H](C(=O)NC(C(=O)O)C2CCC2)C1)OCC1c2ccccc2-c2ccccc21. The highest BCUT2D eigenvalue weighted by Crippen LogP contribution is 2.44. The van der Waals surface area contributed by atoms with E-state index in [1.54, 1.807) is 0 Å². The molecule has 7 heteroatoms. The van der Waals surface area contributed by atoms with E-state index in [1.165, 1.54) is 11.1 Å². The summed E-state index contributed by atoms with van der Waals surface area (Å²) in [5.41, 5.74) is 4.69. The van der Waals surface area contributed by atoms with Gasteiger partial charge in [0.15, 0.2) is 0 Å². The molecule has 0 aromatic heterocycles. The third-order valence-corrected chi connectivity index (χ3v) is 7.90. The van der Waals surface area contributed by atoms with Crippen LogP contribution in [0.1, 0.15) is 62.0 Å². The van der Waals surface area contributed by atoms with E-state index in [1.807, 2.05) is 24.3 Å². The highest BCUT2D eigenvalue weighted by atomic mass is 16.5. The van der Waals surface area contributed by atoms with E-state index < -0.39 is 18.1 Å². The van der Waals surface area contributed by atoms with Gasteiger partial charge in [-0.05, 0) is 60.3 Å². The minimum Gasteiger partial charge on any atom is -0.480 e. The maximum Gasteiger partial charge on any atom is 0.407 e. The second-order valence-corrected chi connectivity index (χ2v) is 10.0.